The van der Waals surface area contributed by atoms with Crippen LogP contribution in [0.2, 0.25) is 0 Å². The molecule has 0 heterocycles. The number of rotatable bonds is 4. The maximum Gasteiger partial charge on any atom is 0.152 e. The number of halogens is 1. The molecule has 3 heteroatoms. The van der Waals surface area contributed by atoms with Gasteiger partial charge in [0.25, 0.3) is 0 Å². The van der Waals surface area contributed by atoms with Crippen LogP contribution in [-0.4, -0.2) is 13.3 Å². The number of benzene rings is 2. The summed E-state index contributed by atoms with van der Waals surface area (Å²) in [6.07, 6.45) is 0.686. The van der Waals surface area contributed by atoms with Crippen LogP contribution in [0.25, 0.3) is 0 Å². The van der Waals surface area contributed by atoms with Crippen LogP contribution in [0.5, 0.6) is 0 Å². The Hall–Kier alpha value is -2.16. The number of aldehydes is 1. The van der Waals surface area contributed by atoms with Crippen molar-refractivity contribution in [3.63, 3.8) is 0 Å². The third-order valence-electron chi connectivity index (χ3n) is 3.03. The molecule has 0 fully saturated rings. The van der Waals surface area contributed by atoms with E-state index >= 15 is 0 Å². The van der Waals surface area contributed by atoms with Crippen molar-refractivity contribution in [3.05, 3.63) is 65.0 Å². The van der Waals surface area contributed by atoms with Gasteiger partial charge in [0.1, 0.15) is 5.82 Å². The molecule has 0 aromatic heterocycles. The van der Waals surface area contributed by atoms with Crippen LogP contribution >= 0.6 is 0 Å². The van der Waals surface area contributed by atoms with Gasteiger partial charge < -0.3 is 4.90 Å². The Morgan fingerprint density at radius 2 is 2.00 bits per heavy atom. The molecule has 0 aliphatic heterocycles. The van der Waals surface area contributed by atoms with Gasteiger partial charge in [-0.25, -0.2) is 4.39 Å². The van der Waals surface area contributed by atoms with Crippen LogP contribution in [0, 0.1) is 12.7 Å². The van der Waals surface area contributed by atoms with Crippen LogP contribution in [0.4, 0.5) is 10.1 Å². The highest BCUT2D eigenvalue weighted by atomic mass is 19.1. The van der Waals surface area contributed by atoms with Crippen molar-refractivity contribution in [2.75, 3.05) is 11.9 Å². The molecule has 0 unspecified atom stereocenters. The molecule has 0 N–H and O–H groups in total. The maximum absolute atomic E-state index is 13.1. The SMILES string of the molecule is Cc1cccc(CN(C)c2ccc(F)cc2C=O)c1. The molecule has 98 valence electrons. The zero-order valence-electron chi connectivity index (χ0n) is 11.1. The lowest BCUT2D eigenvalue weighted by atomic mass is 10.1. The second-order valence-electron chi connectivity index (χ2n) is 4.67. The molecular formula is C16H16FNO. The predicted octanol–water partition coefficient (Wildman–Crippen LogP) is 3.58. The minimum atomic E-state index is -0.394. The average Bonchev–Trinajstić information content (AvgIpc) is 2.38. The summed E-state index contributed by atoms with van der Waals surface area (Å²) in [6.45, 7) is 2.71. The van der Waals surface area contributed by atoms with Gasteiger partial charge >= 0.3 is 0 Å². The van der Waals surface area contributed by atoms with Gasteiger partial charge in [0.05, 0.1) is 0 Å². The number of anilines is 1. The van der Waals surface area contributed by atoms with E-state index in [9.17, 15) is 9.18 Å². The summed E-state index contributed by atoms with van der Waals surface area (Å²) < 4.78 is 13.1. The Kier molecular flexibility index (Phi) is 3.95. The molecule has 2 aromatic carbocycles. The van der Waals surface area contributed by atoms with E-state index in [0.717, 1.165) is 11.3 Å². The highest BCUT2D eigenvalue weighted by molar-refractivity contribution is 5.84. The van der Waals surface area contributed by atoms with Crippen molar-refractivity contribution < 1.29 is 9.18 Å². The zero-order valence-corrected chi connectivity index (χ0v) is 11.1. The summed E-state index contributed by atoms with van der Waals surface area (Å²) in [5, 5.41) is 0. The highest BCUT2D eigenvalue weighted by Crippen LogP contribution is 2.21. The standard InChI is InChI=1S/C16H16FNO/c1-12-4-3-5-13(8-12)10-18(2)16-7-6-15(17)9-14(16)11-19/h3-9,11H,10H2,1-2H3. The second kappa shape index (κ2) is 5.65. The molecule has 0 bridgehead atoms. The molecule has 0 saturated heterocycles. The lowest BCUT2D eigenvalue weighted by Gasteiger charge is -2.21. The van der Waals surface area contributed by atoms with E-state index in [2.05, 4.69) is 6.07 Å². The van der Waals surface area contributed by atoms with E-state index < -0.39 is 5.82 Å². The number of hydrogen-bond acceptors (Lipinski definition) is 2. The molecule has 0 spiro atoms. The number of carbonyl (C=O) groups is 1. The van der Waals surface area contributed by atoms with Crippen molar-refractivity contribution in [3.8, 4) is 0 Å². The van der Waals surface area contributed by atoms with E-state index in [-0.39, 0.29) is 0 Å². The van der Waals surface area contributed by atoms with Crippen molar-refractivity contribution in [1.29, 1.82) is 0 Å². The molecule has 0 aliphatic carbocycles. The molecule has 19 heavy (non-hydrogen) atoms. The minimum Gasteiger partial charge on any atom is -0.370 e. The molecular weight excluding hydrogens is 241 g/mol. The molecule has 2 aromatic rings. The Morgan fingerprint density at radius 3 is 2.68 bits per heavy atom. The fraction of sp³-hybridized carbons (Fsp3) is 0.188. The summed E-state index contributed by atoms with van der Waals surface area (Å²) in [7, 11) is 1.89. The van der Waals surface area contributed by atoms with E-state index in [1.165, 1.54) is 17.7 Å². The van der Waals surface area contributed by atoms with Crippen LogP contribution < -0.4 is 4.90 Å². The predicted molar refractivity (Wildman–Crippen MR) is 75.1 cm³/mol. The summed E-state index contributed by atoms with van der Waals surface area (Å²) in [4.78, 5) is 12.9. The van der Waals surface area contributed by atoms with E-state index in [1.807, 2.05) is 37.1 Å². The van der Waals surface area contributed by atoms with Gasteiger partial charge in [-0.3, -0.25) is 4.79 Å². The number of hydrogen-bond donors (Lipinski definition) is 0. The van der Waals surface area contributed by atoms with Gasteiger partial charge in [0.2, 0.25) is 0 Å². The monoisotopic (exact) mass is 257 g/mol. The van der Waals surface area contributed by atoms with Crippen LogP contribution in [0.3, 0.4) is 0 Å². The van der Waals surface area contributed by atoms with Crippen LogP contribution in [0.1, 0.15) is 21.5 Å². The Balaban J connectivity index is 2.24. The zero-order chi connectivity index (χ0) is 13.8. The molecule has 0 radical (unpaired) electrons. The van der Waals surface area contributed by atoms with Crippen LogP contribution in [0.15, 0.2) is 42.5 Å². The van der Waals surface area contributed by atoms with Gasteiger partial charge in [0, 0.05) is 24.8 Å². The van der Waals surface area contributed by atoms with Gasteiger partial charge in [-0.1, -0.05) is 29.8 Å². The van der Waals surface area contributed by atoms with Crippen molar-refractivity contribution in [2.45, 2.75) is 13.5 Å². The van der Waals surface area contributed by atoms with Gasteiger partial charge in [-0.2, -0.15) is 0 Å². The number of nitrogens with zero attached hydrogens (tertiary/aromatic N) is 1. The minimum absolute atomic E-state index is 0.371. The Bertz CT molecular complexity index is 595. The summed E-state index contributed by atoms with van der Waals surface area (Å²) >= 11 is 0. The second-order valence-corrected chi connectivity index (χ2v) is 4.67. The fourth-order valence-corrected chi connectivity index (χ4v) is 2.14. The summed E-state index contributed by atoms with van der Waals surface area (Å²) in [5.41, 5.74) is 3.46. The lowest BCUT2D eigenvalue weighted by molar-refractivity contribution is 0.112. The topological polar surface area (TPSA) is 20.3 Å². The fourth-order valence-electron chi connectivity index (χ4n) is 2.14. The Labute approximate surface area is 112 Å². The molecule has 0 atom stereocenters. The lowest BCUT2D eigenvalue weighted by Crippen LogP contribution is -2.18. The van der Waals surface area contributed by atoms with Crippen LogP contribution in [-0.2, 0) is 6.54 Å². The van der Waals surface area contributed by atoms with Gasteiger partial charge in [-0.15, -0.1) is 0 Å². The quantitative estimate of drug-likeness (QED) is 0.780. The molecule has 0 aliphatic rings. The molecule has 2 nitrogen and oxygen atoms in total. The first kappa shape index (κ1) is 13.3. The van der Waals surface area contributed by atoms with E-state index in [0.29, 0.717) is 18.4 Å². The van der Waals surface area contributed by atoms with Crippen molar-refractivity contribution in [2.24, 2.45) is 0 Å². The maximum atomic E-state index is 13.1. The number of carbonyl (C=O) groups excluding carboxylic acids is 1. The third kappa shape index (κ3) is 3.19. The Morgan fingerprint density at radius 1 is 1.21 bits per heavy atom. The van der Waals surface area contributed by atoms with E-state index in [1.54, 1.807) is 6.07 Å². The van der Waals surface area contributed by atoms with Gasteiger partial charge in [-0.05, 0) is 30.7 Å². The number of aryl methyl sites for hydroxylation is 1. The first-order valence-corrected chi connectivity index (χ1v) is 6.11. The smallest absolute Gasteiger partial charge is 0.152 e. The van der Waals surface area contributed by atoms with Crippen molar-refractivity contribution >= 4 is 12.0 Å². The van der Waals surface area contributed by atoms with Gasteiger partial charge in [0.15, 0.2) is 6.29 Å². The van der Waals surface area contributed by atoms with E-state index in [4.69, 9.17) is 0 Å². The average molecular weight is 257 g/mol. The first-order chi connectivity index (χ1) is 9.10. The first-order valence-electron chi connectivity index (χ1n) is 6.11. The summed E-state index contributed by atoms with van der Waals surface area (Å²) in [6, 6.07) is 12.4. The molecule has 2 rings (SSSR count). The van der Waals surface area contributed by atoms with Crippen molar-refractivity contribution in [1.82, 2.24) is 0 Å². The molecule has 0 saturated carbocycles. The highest BCUT2D eigenvalue weighted by Gasteiger charge is 2.08. The largest absolute Gasteiger partial charge is 0.370 e. The normalized spacial score (nSPS) is 10.3. The summed E-state index contributed by atoms with van der Waals surface area (Å²) in [5.74, 6) is -0.394. The molecule has 0 amide bonds. The third-order valence-corrected chi connectivity index (χ3v) is 3.03.